The highest BCUT2D eigenvalue weighted by Crippen LogP contribution is 2.24. The van der Waals surface area contributed by atoms with E-state index in [2.05, 4.69) is 5.32 Å². The Balaban J connectivity index is 1.88. The Kier molecular flexibility index (Phi) is 4.77. The van der Waals surface area contributed by atoms with Gasteiger partial charge in [0, 0.05) is 0 Å². The number of ether oxygens (including phenoxy) is 1. The van der Waals surface area contributed by atoms with Crippen LogP contribution in [0.25, 0.3) is 16.8 Å². The van der Waals surface area contributed by atoms with Crippen molar-refractivity contribution in [2.75, 3.05) is 12.4 Å². The maximum atomic E-state index is 12.4. The van der Waals surface area contributed by atoms with Crippen LogP contribution in [-0.2, 0) is 4.79 Å². The lowest BCUT2D eigenvalue weighted by Crippen LogP contribution is -2.14. The molecule has 1 amide bonds. The number of fused-ring (bicyclic) bond motifs is 1. The van der Waals surface area contributed by atoms with Crippen LogP contribution in [0.3, 0.4) is 0 Å². The average molecular weight is 328 g/mol. The lowest BCUT2D eigenvalue weighted by atomic mass is 10.0. The van der Waals surface area contributed by atoms with E-state index in [0.29, 0.717) is 11.4 Å². The van der Waals surface area contributed by atoms with Crippen LogP contribution < -0.4 is 10.1 Å². The molecule has 0 aromatic heterocycles. The van der Waals surface area contributed by atoms with Gasteiger partial charge < -0.3 is 10.1 Å². The number of methoxy groups -OCH3 is 1. The van der Waals surface area contributed by atoms with E-state index in [9.17, 15) is 10.1 Å². The highest BCUT2D eigenvalue weighted by molar-refractivity contribution is 6.10. The van der Waals surface area contributed by atoms with E-state index < -0.39 is 5.91 Å². The van der Waals surface area contributed by atoms with E-state index in [0.717, 1.165) is 16.3 Å². The fourth-order valence-electron chi connectivity index (χ4n) is 2.55. The molecule has 0 radical (unpaired) electrons. The molecule has 122 valence electrons. The summed E-state index contributed by atoms with van der Waals surface area (Å²) in [6.45, 7) is 0. The highest BCUT2D eigenvalue weighted by Gasteiger charge is 2.12. The molecule has 4 heteroatoms. The minimum absolute atomic E-state index is 0.0289. The number of carbonyl (C=O) groups is 1. The molecule has 0 atom stereocenters. The number of nitrogens with one attached hydrogen (secondary N) is 1. The van der Waals surface area contributed by atoms with E-state index in [1.54, 1.807) is 24.3 Å². The van der Waals surface area contributed by atoms with Gasteiger partial charge in [0.05, 0.1) is 12.8 Å². The fraction of sp³-hybridized carbons (Fsp3) is 0.0476. The monoisotopic (exact) mass is 328 g/mol. The minimum atomic E-state index is -0.472. The normalized spacial score (nSPS) is 11.0. The third-order valence-corrected chi connectivity index (χ3v) is 3.80. The molecule has 0 aliphatic heterocycles. The summed E-state index contributed by atoms with van der Waals surface area (Å²) in [6, 6.07) is 22.8. The van der Waals surface area contributed by atoms with Crippen LogP contribution in [0.1, 0.15) is 5.56 Å². The van der Waals surface area contributed by atoms with Crippen molar-refractivity contribution in [3.05, 3.63) is 77.9 Å². The standard InChI is InChI=1S/C21H16N2O2/c1-25-20-9-5-4-8-19(20)23-21(24)18(14-22)13-15-10-11-16-6-2-3-7-17(16)12-15/h2-13H,1H3,(H,23,24)/b18-13+. The van der Waals surface area contributed by atoms with Crippen LogP contribution in [0.15, 0.2) is 72.3 Å². The van der Waals surface area contributed by atoms with Crippen molar-refractivity contribution in [3.8, 4) is 11.8 Å². The summed E-state index contributed by atoms with van der Waals surface area (Å²) in [7, 11) is 1.53. The van der Waals surface area contributed by atoms with Gasteiger partial charge in [-0.3, -0.25) is 4.79 Å². The second kappa shape index (κ2) is 7.33. The van der Waals surface area contributed by atoms with Gasteiger partial charge in [0.15, 0.2) is 0 Å². The van der Waals surface area contributed by atoms with Gasteiger partial charge in [0.2, 0.25) is 0 Å². The van der Waals surface area contributed by atoms with E-state index in [4.69, 9.17) is 4.74 Å². The Morgan fingerprint density at radius 3 is 2.52 bits per heavy atom. The second-order valence-corrected chi connectivity index (χ2v) is 5.43. The third kappa shape index (κ3) is 3.67. The number of nitrogens with zero attached hydrogens (tertiary/aromatic N) is 1. The Morgan fingerprint density at radius 1 is 1.04 bits per heavy atom. The van der Waals surface area contributed by atoms with Gasteiger partial charge in [-0.05, 0) is 40.6 Å². The van der Waals surface area contributed by atoms with E-state index in [1.165, 1.54) is 7.11 Å². The molecular formula is C21H16N2O2. The number of amides is 1. The van der Waals surface area contributed by atoms with Crippen LogP contribution >= 0.6 is 0 Å². The topological polar surface area (TPSA) is 62.1 Å². The molecule has 3 rings (SSSR count). The van der Waals surface area contributed by atoms with Crippen molar-refractivity contribution in [3.63, 3.8) is 0 Å². The van der Waals surface area contributed by atoms with Crippen LogP contribution in [0.2, 0.25) is 0 Å². The molecule has 4 nitrogen and oxygen atoms in total. The molecule has 0 saturated carbocycles. The zero-order chi connectivity index (χ0) is 17.6. The summed E-state index contributed by atoms with van der Waals surface area (Å²) in [4.78, 5) is 12.4. The lowest BCUT2D eigenvalue weighted by molar-refractivity contribution is -0.112. The van der Waals surface area contributed by atoms with Gasteiger partial charge in [0.1, 0.15) is 17.4 Å². The van der Waals surface area contributed by atoms with Crippen LogP contribution in [0, 0.1) is 11.3 Å². The maximum Gasteiger partial charge on any atom is 0.266 e. The summed E-state index contributed by atoms with van der Waals surface area (Å²) in [5.74, 6) is 0.0685. The molecule has 0 saturated heterocycles. The smallest absolute Gasteiger partial charge is 0.266 e. The predicted molar refractivity (Wildman–Crippen MR) is 99.2 cm³/mol. The second-order valence-electron chi connectivity index (χ2n) is 5.43. The SMILES string of the molecule is COc1ccccc1NC(=O)/C(C#N)=C/c1ccc2ccccc2c1. The fourth-order valence-corrected chi connectivity index (χ4v) is 2.55. The van der Waals surface area contributed by atoms with Crippen molar-refractivity contribution in [1.29, 1.82) is 5.26 Å². The summed E-state index contributed by atoms with van der Waals surface area (Å²) in [6.07, 6.45) is 1.58. The summed E-state index contributed by atoms with van der Waals surface area (Å²) >= 11 is 0. The number of hydrogen-bond acceptors (Lipinski definition) is 3. The Morgan fingerprint density at radius 2 is 1.76 bits per heavy atom. The van der Waals surface area contributed by atoms with Gasteiger partial charge in [0.25, 0.3) is 5.91 Å². The molecule has 3 aromatic carbocycles. The maximum absolute atomic E-state index is 12.4. The number of rotatable bonds is 4. The first kappa shape index (κ1) is 16.3. The van der Waals surface area contributed by atoms with Crippen LogP contribution in [0.5, 0.6) is 5.75 Å². The molecule has 0 bridgehead atoms. The first-order valence-electron chi connectivity index (χ1n) is 7.76. The number of nitriles is 1. The number of hydrogen-bond donors (Lipinski definition) is 1. The zero-order valence-electron chi connectivity index (χ0n) is 13.7. The van der Waals surface area contributed by atoms with Crippen molar-refractivity contribution in [2.45, 2.75) is 0 Å². The number of benzene rings is 3. The molecule has 0 fully saturated rings. The molecule has 1 N–H and O–H groups in total. The Hall–Kier alpha value is -3.58. The van der Waals surface area contributed by atoms with E-state index in [-0.39, 0.29) is 5.57 Å². The largest absolute Gasteiger partial charge is 0.495 e. The van der Waals surface area contributed by atoms with Crippen LogP contribution in [0.4, 0.5) is 5.69 Å². The quantitative estimate of drug-likeness (QED) is 0.570. The van der Waals surface area contributed by atoms with Gasteiger partial charge in [-0.15, -0.1) is 0 Å². The average Bonchev–Trinajstić information content (AvgIpc) is 2.66. The van der Waals surface area contributed by atoms with Crippen LogP contribution in [-0.4, -0.2) is 13.0 Å². The molecule has 25 heavy (non-hydrogen) atoms. The number of carbonyl (C=O) groups excluding carboxylic acids is 1. The van der Waals surface area contributed by atoms with Gasteiger partial charge >= 0.3 is 0 Å². The van der Waals surface area contributed by atoms with Gasteiger partial charge in [-0.25, -0.2) is 0 Å². The lowest BCUT2D eigenvalue weighted by Gasteiger charge is -2.09. The van der Waals surface area contributed by atoms with Crippen molar-refractivity contribution < 1.29 is 9.53 Å². The van der Waals surface area contributed by atoms with Crippen molar-refractivity contribution >= 4 is 28.4 Å². The molecular weight excluding hydrogens is 312 g/mol. The van der Waals surface area contributed by atoms with Crippen molar-refractivity contribution in [2.24, 2.45) is 0 Å². The number of anilines is 1. The molecule has 0 heterocycles. The first-order valence-corrected chi connectivity index (χ1v) is 7.76. The van der Waals surface area contributed by atoms with Gasteiger partial charge in [-0.2, -0.15) is 5.26 Å². The highest BCUT2D eigenvalue weighted by atomic mass is 16.5. The third-order valence-electron chi connectivity index (χ3n) is 3.80. The number of para-hydroxylation sites is 2. The first-order chi connectivity index (χ1) is 12.2. The molecule has 0 spiro atoms. The van der Waals surface area contributed by atoms with E-state index in [1.807, 2.05) is 54.6 Å². The predicted octanol–water partition coefficient (Wildman–Crippen LogP) is 4.39. The van der Waals surface area contributed by atoms with Gasteiger partial charge in [-0.1, -0.05) is 48.5 Å². The molecule has 0 aliphatic carbocycles. The van der Waals surface area contributed by atoms with Crippen molar-refractivity contribution in [1.82, 2.24) is 0 Å². The van der Waals surface area contributed by atoms with E-state index >= 15 is 0 Å². The molecule has 0 unspecified atom stereocenters. The molecule has 3 aromatic rings. The summed E-state index contributed by atoms with van der Waals surface area (Å²) in [5.41, 5.74) is 1.35. The Labute approximate surface area is 146 Å². The zero-order valence-corrected chi connectivity index (χ0v) is 13.7. The Bertz CT molecular complexity index is 1000. The minimum Gasteiger partial charge on any atom is -0.495 e. The summed E-state index contributed by atoms with van der Waals surface area (Å²) < 4.78 is 5.21. The molecule has 0 aliphatic rings. The summed E-state index contributed by atoms with van der Waals surface area (Å²) in [5, 5.41) is 14.2.